The first-order valence-electron chi connectivity index (χ1n) is 3.79. The minimum absolute atomic E-state index is 0.101. The highest BCUT2D eigenvalue weighted by Crippen LogP contribution is 2.07. The molecule has 62 valence electrons. The van der Waals surface area contributed by atoms with E-state index in [1.807, 2.05) is 6.92 Å². The van der Waals surface area contributed by atoms with Crippen molar-refractivity contribution >= 4 is 8.07 Å². The molecule has 0 aromatic heterocycles. The lowest BCUT2D eigenvalue weighted by Crippen LogP contribution is -2.26. The molecule has 0 amide bonds. The fourth-order valence-electron chi connectivity index (χ4n) is 0.551. The first-order valence-corrected chi connectivity index (χ1v) is 7.50. The Bertz CT molecular complexity index is 88.1. The lowest BCUT2D eigenvalue weighted by molar-refractivity contribution is 0.0808. The fourth-order valence-corrected chi connectivity index (χ4v) is 1.28. The Balaban J connectivity index is 3.21. The fraction of sp³-hybridized carbons (Fsp3) is 1.00. The SMILES string of the molecule is CC(N)OCC[Si](C)(C)C. The second kappa shape index (κ2) is 4.11. The highest BCUT2D eigenvalue weighted by atomic mass is 28.3. The molecule has 0 aliphatic heterocycles. The minimum Gasteiger partial charge on any atom is -0.364 e. The zero-order chi connectivity index (χ0) is 8.20. The van der Waals surface area contributed by atoms with E-state index in [4.69, 9.17) is 10.5 Å². The molecule has 2 nitrogen and oxygen atoms in total. The van der Waals surface area contributed by atoms with Crippen molar-refractivity contribution in [3.63, 3.8) is 0 Å². The van der Waals surface area contributed by atoms with Crippen LogP contribution in [-0.4, -0.2) is 20.9 Å². The summed E-state index contributed by atoms with van der Waals surface area (Å²) in [6, 6.07) is 1.20. The molecule has 0 heterocycles. The van der Waals surface area contributed by atoms with E-state index in [1.54, 1.807) is 0 Å². The smallest absolute Gasteiger partial charge is 0.102 e. The predicted molar refractivity (Wildman–Crippen MR) is 47.8 cm³/mol. The van der Waals surface area contributed by atoms with Crippen molar-refractivity contribution in [2.45, 2.75) is 38.8 Å². The van der Waals surface area contributed by atoms with Gasteiger partial charge in [0.15, 0.2) is 0 Å². The van der Waals surface area contributed by atoms with Crippen LogP contribution in [0.1, 0.15) is 6.92 Å². The van der Waals surface area contributed by atoms with Crippen molar-refractivity contribution in [1.82, 2.24) is 0 Å². The Morgan fingerprint density at radius 2 is 1.90 bits per heavy atom. The van der Waals surface area contributed by atoms with Crippen LogP contribution in [0.4, 0.5) is 0 Å². The number of ether oxygens (including phenoxy) is 1. The molecule has 0 aromatic rings. The summed E-state index contributed by atoms with van der Waals surface area (Å²) < 4.78 is 5.23. The second-order valence-corrected chi connectivity index (χ2v) is 9.51. The quantitative estimate of drug-likeness (QED) is 0.502. The Hall–Kier alpha value is 0.137. The number of rotatable bonds is 4. The van der Waals surface area contributed by atoms with Crippen LogP contribution in [0.25, 0.3) is 0 Å². The first kappa shape index (κ1) is 10.1. The predicted octanol–water partition coefficient (Wildman–Crippen LogP) is 1.65. The van der Waals surface area contributed by atoms with Crippen LogP contribution < -0.4 is 5.73 Å². The zero-order valence-corrected chi connectivity index (χ0v) is 8.48. The van der Waals surface area contributed by atoms with Gasteiger partial charge >= 0.3 is 0 Å². The molecule has 0 spiro atoms. The van der Waals surface area contributed by atoms with Crippen molar-refractivity contribution in [1.29, 1.82) is 0 Å². The van der Waals surface area contributed by atoms with Crippen molar-refractivity contribution in [2.24, 2.45) is 5.73 Å². The van der Waals surface area contributed by atoms with Gasteiger partial charge in [0, 0.05) is 14.7 Å². The van der Waals surface area contributed by atoms with Crippen LogP contribution >= 0.6 is 0 Å². The molecule has 1 unspecified atom stereocenters. The number of nitrogens with two attached hydrogens (primary N) is 1. The first-order chi connectivity index (χ1) is 4.42. The molecule has 0 saturated heterocycles. The topological polar surface area (TPSA) is 35.2 Å². The van der Waals surface area contributed by atoms with E-state index in [2.05, 4.69) is 19.6 Å². The molecular formula is C7H19NOSi. The highest BCUT2D eigenvalue weighted by molar-refractivity contribution is 6.76. The van der Waals surface area contributed by atoms with E-state index >= 15 is 0 Å². The van der Waals surface area contributed by atoms with Crippen molar-refractivity contribution in [2.75, 3.05) is 6.61 Å². The van der Waals surface area contributed by atoms with Crippen molar-refractivity contribution in [3.05, 3.63) is 0 Å². The van der Waals surface area contributed by atoms with Gasteiger partial charge in [-0.2, -0.15) is 0 Å². The van der Waals surface area contributed by atoms with Crippen LogP contribution in [0, 0.1) is 0 Å². The van der Waals surface area contributed by atoms with Crippen LogP contribution in [0.15, 0.2) is 0 Å². The van der Waals surface area contributed by atoms with Gasteiger partial charge in [0.25, 0.3) is 0 Å². The van der Waals surface area contributed by atoms with Crippen LogP contribution in [0.5, 0.6) is 0 Å². The molecular weight excluding hydrogens is 142 g/mol. The summed E-state index contributed by atoms with van der Waals surface area (Å²) in [4.78, 5) is 0. The minimum atomic E-state index is -0.905. The summed E-state index contributed by atoms with van der Waals surface area (Å²) in [5.41, 5.74) is 5.41. The molecule has 0 rings (SSSR count). The second-order valence-electron chi connectivity index (χ2n) is 3.89. The summed E-state index contributed by atoms with van der Waals surface area (Å²) in [5.74, 6) is 0. The van der Waals surface area contributed by atoms with Gasteiger partial charge < -0.3 is 10.5 Å². The summed E-state index contributed by atoms with van der Waals surface area (Å²) in [6.45, 7) is 9.68. The maximum atomic E-state index is 5.41. The van der Waals surface area contributed by atoms with Gasteiger partial charge in [0.1, 0.15) is 6.23 Å². The molecule has 0 aromatic carbocycles. The lowest BCUT2D eigenvalue weighted by atomic mass is 10.7. The van der Waals surface area contributed by atoms with Crippen molar-refractivity contribution in [3.8, 4) is 0 Å². The Kier molecular flexibility index (Phi) is 4.16. The molecule has 0 fully saturated rings. The number of hydrogen-bond acceptors (Lipinski definition) is 2. The maximum Gasteiger partial charge on any atom is 0.102 e. The molecule has 0 aliphatic rings. The Morgan fingerprint density at radius 1 is 1.40 bits per heavy atom. The van der Waals surface area contributed by atoms with Crippen molar-refractivity contribution < 1.29 is 4.74 Å². The molecule has 0 bridgehead atoms. The largest absolute Gasteiger partial charge is 0.364 e. The molecule has 0 saturated carbocycles. The van der Waals surface area contributed by atoms with Crippen LogP contribution in [0.2, 0.25) is 25.7 Å². The van der Waals surface area contributed by atoms with E-state index in [0.717, 1.165) is 6.61 Å². The zero-order valence-electron chi connectivity index (χ0n) is 7.48. The molecule has 1 atom stereocenters. The van der Waals surface area contributed by atoms with E-state index < -0.39 is 8.07 Å². The average molecular weight is 161 g/mol. The Morgan fingerprint density at radius 3 is 2.20 bits per heavy atom. The monoisotopic (exact) mass is 161 g/mol. The molecule has 0 aliphatic carbocycles. The van der Waals surface area contributed by atoms with Gasteiger partial charge in [-0.3, -0.25) is 0 Å². The Labute approximate surface area is 64.8 Å². The molecule has 3 heteroatoms. The third kappa shape index (κ3) is 8.14. The van der Waals surface area contributed by atoms with Gasteiger partial charge in [-0.25, -0.2) is 0 Å². The summed E-state index contributed by atoms with van der Waals surface area (Å²) in [7, 11) is -0.905. The standard InChI is InChI=1S/C7H19NOSi/c1-7(8)9-5-6-10(2,3)4/h7H,5-6,8H2,1-4H3. The average Bonchev–Trinajstić information content (AvgIpc) is 1.59. The summed E-state index contributed by atoms with van der Waals surface area (Å²) in [5, 5.41) is 0. The van der Waals surface area contributed by atoms with E-state index in [-0.39, 0.29) is 6.23 Å². The van der Waals surface area contributed by atoms with E-state index in [1.165, 1.54) is 6.04 Å². The van der Waals surface area contributed by atoms with Gasteiger partial charge in [-0.05, 0) is 13.0 Å². The van der Waals surface area contributed by atoms with Gasteiger partial charge in [0.2, 0.25) is 0 Å². The van der Waals surface area contributed by atoms with Crippen LogP contribution in [0.3, 0.4) is 0 Å². The highest BCUT2D eigenvalue weighted by Gasteiger charge is 2.12. The molecule has 10 heavy (non-hydrogen) atoms. The van der Waals surface area contributed by atoms with E-state index in [9.17, 15) is 0 Å². The normalized spacial score (nSPS) is 15.3. The summed E-state index contributed by atoms with van der Waals surface area (Å²) in [6.07, 6.45) is -0.101. The number of hydrogen-bond donors (Lipinski definition) is 1. The van der Waals surface area contributed by atoms with Gasteiger partial charge in [-0.15, -0.1) is 0 Å². The third-order valence-electron chi connectivity index (χ3n) is 1.23. The third-order valence-corrected chi connectivity index (χ3v) is 2.94. The lowest BCUT2D eigenvalue weighted by Gasteiger charge is -2.16. The van der Waals surface area contributed by atoms with Gasteiger partial charge in [0.05, 0.1) is 0 Å². The van der Waals surface area contributed by atoms with Crippen LogP contribution in [-0.2, 0) is 4.74 Å². The molecule has 0 radical (unpaired) electrons. The molecule has 2 N–H and O–H groups in total. The van der Waals surface area contributed by atoms with Gasteiger partial charge in [-0.1, -0.05) is 19.6 Å². The summed E-state index contributed by atoms with van der Waals surface area (Å²) >= 11 is 0. The van der Waals surface area contributed by atoms with E-state index in [0.29, 0.717) is 0 Å². The maximum absolute atomic E-state index is 5.41.